The van der Waals surface area contributed by atoms with Gasteiger partial charge in [-0.05, 0) is 24.3 Å². The van der Waals surface area contributed by atoms with Crippen LogP contribution in [-0.4, -0.2) is 32.3 Å². The van der Waals surface area contributed by atoms with Gasteiger partial charge in [-0.25, -0.2) is 4.79 Å². The van der Waals surface area contributed by atoms with Gasteiger partial charge in [-0.1, -0.05) is 0 Å². The first kappa shape index (κ1) is 11.4. The van der Waals surface area contributed by atoms with Crippen LogP contribution in [0.25, 0.3) is 0 Å². The third-order valence-electron chi connectivity index (χ3n) is 2.62. The zero-order valence-electron chi connectivity index (χ0n) is 9.19. The molecule has 88 valence electrons. The SMILES string of the molecule is COC(=O)c1sccc1NC1CCOCC1. The van der Waals surface area contributed by atoms with E-state index in [-0.39, 0.29) is 5.97 Å². The number of hydrogen-bond donors (Lipinski definition) is 1. The normalized spacial score (nSPS) is 17.1. The molecule has 0 bridgehead atoms. The van der Waals surface area contributed by atoms with Crippen LogP contribution in [-0.2, 0) is 9.47 Å². The molecule has 16 heavy (non-hydrogen) atoms. The lowest BCUT2D eigenvalue weighted by atomic mass is 10.1. The van der Waals surface area contributed by atoms with E-state index in [1.807, 2.05) is 11.4 Å². The van der Waals surface area contributed by atoms with E-state index in [0.29, 0.717) is 10.9 Å². The summed E-state index contributed by atoms with van der Waals surface area (Å²) in [7, 11) is 1.40. The van der Waals surface area contributed by atoms with Gasteiger partial charge >= 0.3 is 5.97 Å². The summed E-state index contributed by atoms with van der Waals surface area (Å²) in [6, 6.07) is 2.32. The van der Waals surface area contributed by atoms with Gasteiger partial charge < -0.3 is 14.8 Å². The third-order valence-corrected chi connectivity index (χ3v) is 3.51. The van der Waals surface area contributed by atoms with E-state index in [1.165, 1.54) is 18.4 Å². The van der Waals surface area contributed by atoms with Gasteiger partial charge in [0.25, 0.3) is 0 Å². The first-order valence-electron chi connectivity index (χ1n) is 5.31. The van der Waals surface area contributed by atoms with E-state index < -0.39 is 0 Å². The molecule has 1 aliphatic heterocycles. The number of hydrogen-bond acceptors (Lipinski definition) is 5. The third kappa shape index (κ3) is 2.54. The van der Waals surface area contributed by atoms with E-state index in [2.05, 4.69) is 5.32 Å². The zero-order chi connectivity index (χ0) is 11.4. The van der Waals surface area contributed by atoms with Crippen LogP contribution >= 0.6 is 11.3 Å². The maximum absolute atomic E-state index is 11.5. The molecule has 0 spiro atoms. The molecule has 1 aromatic heterocycles. The molecule has 0 amide bonds. The van der Waals surface area contributed by atoms with Crippen LogP contribution in [0.2, 0.25) is 0 Å². The minimum absolute atomic E-state index is 0.274. The second-order valence-corrected chi connectivity index (χ2v) is 4.60. The first-order valence-corrected chi connectivity index (χ1v) is 6.19. The summed E-state index contributed by atoms with van der Waals surface area (Å²) in [4.78, 5) is 12.1. The van der Waals surface area contributed by atoms with Gasteiger partial charge in [0.05, 0.1) is 12.8 Å². The largest absolute Gasteiger partial charge is 0.465 e. The van der Waals surface area contributed by atoms with E-state index in [0.717, 1.165) is 31.7 Å². The fraction of sp³-hybridized carbons (Fsp3) is 0.545. The summed E-state index contributed by atoms with van der Waals surface area (Å²) >= 11 is 1.40. The minimum Gasteiger partial charge on any atom is -0.465 e. The Morgan fingerprint density at radius 3 is 3.00 bits per heavy atom. The molecule has 1 aromatic rings. The van der Waals surface area contributed by atoms with E-state index in [9.17, 15) is 4.79 Å². The molecule has 0 atom stereocenters. The maximum atomic E-state index is 11.5. The molecule has 4 nitrogen and oxygen atoms in total. The highest BCUT2D eigenvalue weighted by molar-refractivity contribution is 7.12. The molecule has 1 saturated heterocycles. The average molecular weight is 241 g/mol. The van der Waals surface area contributed by atoms with Crippen LogP contribution in [0.5, 0.6) is 0 Å². The molecule has 0 saturated carbocycles. The van der Waals surface area contributed by atoms with Crippen LogP contribution in [0.4, 0.5) is 5.69 Å². The number of thiophene rings is 1. The van der Waals surface area contributed by atoms with Crippen LogP contribution in [0, 0.1) is 0 Å². The Labute approximate surface area is 98.6 Å². The predicted molar refractivity (Wildman–Crippen MR) is 63.1 cm³/mol. The first-order chi connectivity index (χ1) is 7.81. The highest BCUT2D eigenvalue weighted by Crippen LogP contribution is 2.25. The quantitative estimate of drug-likeness (QED) is 0.823. The number of anilines is 1. The van der Waals surface area contributed by atoms with Gasteiger partial charge in [0.2, 0.25) is 0 Å². The second kappa shape index (κ2) is 5.32. The predicted octanol–water partition coefficient (Wildman–Crippen LogP) is 2.13. The smallest absolute Gasteiger partial charge is 0.350 e. The summed E-state index contributed by atoms with van der Waals surface area (Å²) in [5.41, 5.74) is 0.878. The molecule has 0 aliphatic carbocycles. The molecule has 1 aliphatic rings. The van der Waals surface area contributed by atoms with Gasteiger partial charge in [-0.3, -0.25) is 0 Å². The molecule has 2 heterocycles. The van der Waals surface area contributed by atoms with Gasteiger partial charge in [-0.15, -0.1) is 11.3 Å². The summed E-state index contributed by atoms with van der Waals surface area (Å²) in [5.74, 6) is -0.274. The van der Waals surface area contributed by atoms with Crippen molar-refractivity contribution in [3.63, 3.8) is 0 Å². The lowest BCUT2D eigenvalue weighted by molar-refractivity contribution is 0.0607. The highest BCUT2D eigenvalue weighted by atomic mass is 32.1. The molecule has 0 aromatic carbocycles. The van der Waals surface area contributed by atoms with E-state index in [4.69, 9.17) is 9.47 Å². The van der Waals surface area contributed by atoms with Crippen LogP contribution < -0.4 is 5.32 Å². The number of ether oxygens (including phenoxy) is 2. The fourth-order valence-electron chi connectivity index (χ4n) is 1.74. The standard InChI is InChI=1S/C11H15NO3S/c1-14-11(13)10-9(4-7-16-10)12-8-2-5-15-6-3-8/h4,7-8,12H,2-3,5-6H2,1H3. The Morgan fingerprint density at radius 2 is 2.31 bits per heavy atom. The Morgan fingerprint density at radius 1 is 1.56 bits per heavy atom. The summed E-state index contributed by atoms with van der Waals surface area (Å²) < 4.78 is 10.0. The van der Waals surface area contributed by atoms with Crippen molar-refractivity contribution in [3.8, 4) is 0 Å². The molecule has 0 radical (unpaired) electrons. The molecule has 1 fully saturated rings. The van der Waals surface area contributed by atoms with Crippen molar-refractivity contribution < 1.29 is 14.3 Å². The number of nitrogens with one attached hydrogen (secondary N) is 1. The number of carbonyl (C=O) groups is 1. The Bertz CT molecular complexity index is 358. The molecule has 1 N–H and O–H groups in total. The summed E-state index contributed by atoms with van der Waals surface area (Å²) in [5, 5.41) is 5.27. The molecule has 5 heteroatoms. The lowest BCUT2D eigenvalue weighted by Gasteiger charge is -2.23. The number of carbonyl (C=O) groups excluding carboxylic acids is 1. The van der Waals surface area contributed by atoms with Crippen LogP contribution in [0.1, 0.15) is 22.5 Å². The number of rotatable bonds is 3. The Balaban J connectivity index is 2.03. The minimum atomic E-state index is -0.274. The Kier molecular flexibility index (Phi) is 3.79. The van der Waals surface area contributed by atoms with Crippen LogP contribution in [0.15, 0.2) is 11.4 Å². The zero-order valence-corrected chi connectivity index (χ0v) is 10.0. The molecular weight excluding hydrogens is 226 g/mol. The fourth-order valence-corrected chi connectivity index (χ4v) is 2.51. The van der Waals surface area contributed by atoms with Crippen molar-refractivity contribution in [1.29, 1.82) is 0 Å². The van der Waals surface area contributed by atoms with E-state index in [1.54, 1.807) is 0 Å². The molecular formula is C11H15NO3S. The monoisotopic (exact) mass is 241 g/mol. The summed E-state index contributed by atoms with van der Waals surface area (Å²) in [6.45, 7) is 1.57. The second-order valence-electron chi connectivity index (χ2n) is 3.69. The molecule has 0 unspecified atom stereocenters. The van der Waals surface area contributed by atoms with Crippen molar-refractivity contribution in [2.24, 2.45) is 0 Å². The van der Waals surface area contributed by atoms with E-state index >= 15 is 0 Å². The topological polar surface area (TPSA) is 47.6 Å². The van der Waals surface area contributed by atoms with Crippen LogP contribution in [0.3, 0.4) is 0 Å². The van der Waals surface area contributed by atoms with Gasteiger partial charge in [0.15, 0.2) is 0 Å². The lowest BCUT2D eigenvalue weighted by Crippen LogP contribution is -2.28. The van der Waals surface area contributed by atoms with Gasteiger partial charge in [-0.2, -0.15) is 0 Å². The van der Waals surface area contributed by atoms with Gasteiger partial charge in [0.1, 0.15) is 4.88 Å². The maximum Gasteiger partial charge on any atom is 0.350 e. The van der Waals surface area contributed by atoms with Crippen molar-refractivity contribution >= 4 is 23.0 Å². The van der Waals surface area contributed by atoms with Gasteiger partial charge in [0, 0.05) is 19.3 Å². The summed E-state index contributed by atoms with van der Waals surface area (Å²) in [6.07, 6.45) is 1.97. The van der Waals surface area contributed by atoms with Crippen molar-refractivity contribution in [3.05, 3.63) is 16.3 Å². The number of methoxy groups -OCH3 is 1. The molecule has 2 rings (SSSR count). The Hall–Kier alpha value is -1.07. The van der Waals surface area contributed by atoms with Crippen molar-refractivity contribution in [2.75, 3.05) is 25.6 Å². The highest BCUT2D eigenvalue weighted by Gasteiger charge is 2.18. The van der Waals surface area contributed by atoms with Crippen molar-refractivity contribution in [1.82, 2.24) is 0 Å². The van der Waals surface area contributed by atoms with Crippen molar-refractivity contribution in [2.45, 2.75) is 18.9 Å². The number of esters is 1. The average Bonchev–Trinajstić information content (AvgIpc) is 2.77.